The van der Waals surface area contributed by atoms with Crippen LogP contribution in [0.1, 0.15) is 5.01 Å². The molecule has 0 aliphatic rings. The lowest BCUT2D eigenvalue weighted by Crippen LogP contribution is -2.21. The summed E-state index contributed by atoms with van der Waals surface area (Å²) in [4.78, 5) is 14.8. The minimum Gasteiger partial charge on any atom is -0.374 e. The van der Waals surface area contributed by atoms with Crippen LogP contribution in [0.15, 0.2) is 23.3 Å². The first kappa shape index (κ1) is 8.82. The van der Waals surface area contributed by atoms with Crippen molar-refractivity contribution in [1.29, 1.82) is 0 Å². The quantitative estimate of drug-likeness (QED) is 0.735. The van der Waals surface area contributed by atoms with Crippen molar-refractivity contribution in [2.45, 2.75) is 6.54 Å². The molecule has 0 radical (unpaired) electrons. The molecule has 0 spiro atoms. The van der Waals surface area contributed by atoms with E-state index in [0.29, 0.717) is 16.7 Å². The topological polar surface area (TPSA) is 86.7 Å². The van der Waals surface area contributed by atoms with Gasteiger partial charge >= 0.3 is 5.69 Å². The first-order valence-corrected chi connectivity index (χ1v) is 4.66. The maximum absolute atomic E-state index is 11.2. The Morgan fingerprint density at radius 1 is 1.50 bits per heavy atom. The fourth-order valence-corrected chi connectivity index (χ4v) is 1.59. The van der Waals surface area contributed by atoms with Gasteiger partial charge in [-0.2, -0.15) is 0 Å². The second kappa shape index (κ2) is 3.54. The average molecular weight is 209 g/mol. The molecule has 2 aromatic heterocycles. The number of nitrogens with two attached hydrogens (primary N) is 1. The highest BCUT2D eigenvalue weighted by molar-refractivity contribution is 7.15. The van der Waals surface area contributed by atoms with Gasteiger partial charge in [0.05, 0.1) is 6.54 Å². The van der Waals surface area contributed by atoms with Crippen molar-refractivity contribution < 1.29 is 0 Å². The predicted molar refractivity (Wildman–Crippen MR) is 51.9 cm³/mol. The number of hydrogen-bond acceptors (Lipinski definition) is 6. The molecule has 72 valence electrons. The highest BCUT2D eigenvalue weighted by Gasteiger charge is 2.02. The van der Waals surface area contributed by atoms with E-state index in [-0.39, 0.29) is 5.69 Å². The van der Waals surface area contributed by atoms with Gasteiger partial charge in [-0.05, 0) is 6.07 Å². The number of rotatable bonds is 2. The number of hydrogen-bond donors (Lipinski definition) is 1. The highest BCUT2D eigenvalue weighted by Crippen LogP contribution is 2.10. The molecule has 2 heterocycles. The van der Waals surface area contributed by atoms with E-state index < -0.39 is 0 Å². The van der Waals surface area contributed by atoms with Crippen LogP contribution in [0, 0.1) is 0 Å². The number of aromatic nitrogens is 4. The second-order valence-electron chi connectivity index (χ2n) is 2.56. The number of anilines is 1. The summed E-state index contributed by atoms with van der Waals surface area (Å²) >= 11 is 1.26. The van der Waals surface area contributed by atoms with Crippen molar-refractivity contribution in [3.8, 4) is 0 Å². The molecule has 14 heavy (non-hydrogen) atoms. The van der Waals surface area contributed by atoms with Gasteiger partial charge in [-0.3, -0.25) is 4.57 Å². The number of nitrogens with zero attached hydrogens (tertiary/aromatic N) is 4. The van der Waals surface area contributed by atoms with Gasteiger partial charge in [0.2, 0.25) is 5.13 Å². The molecule has 2 N–H and O–H groups in total. The standard InChI is InChI=1S/C7H7N5OS/c8-6-11-10-5(14-6)4-12-3-1-2-9-7(12)13/h1-3H,4H2,(H2,8,11). The molecule has 6 nitrogen and oxygen atoms in total. The Balaban J connectivity index is 2.27. The summed E-state index contributed by atoms with van der Waals surface area (Å²) in [5.41, 5.74) is 5.11. The maximum Gasteiger partial charge on any atom is 0.347 e. The molecule has 0 aliphatic carbocycles. The van der Waals surface area contributed by atoms with E-state index in [2.05, 4.69) is 15.2 Å². The Morgan fingerprint density at radius 2 is 2.36 bits per heavy atom. The summed E-state index contributed by atoms with van der Waals surface area (Å²) in [6.45, 7) is 0.363. The fourth-order valence-electron chi connectivity index (χ4n) is 0.984. The molecule has 0 saturated heterocycles. The summed E-state index contributed by atoms with van der Waals surface area (Å²) < 4.78 is 1.44. The van der Waals surface area contributed by atoms with Gasteiger partial charge in [0.1, 0.15) is 5.01 Å². The molecule has 0 aromatic carbocycles. The Morgan fingerprint density at radius 3 is 3.00 bits per heavy atom. The summed E-state index contributed by atoms with van der Waals surface area (Å²) in [6.07, 6.45) is 3.10. The van der Waals surface area contributed by atoms with Gasteiger partial charge in [-0.1, -0.05) is 11.3 Å². The lowest BCUT2D eigenvalue weighted by Gasteiger charge is -1.98. The highest BCUT2D eigenvalue weighted by atomic mass is 32.1. The molecule has 0 amide bonds. The van der Waals surface area contributed by atoms with Crippen LogP contribution in [-0.4, -0.2) is 19.7 Å². The molecule has 7 heteroatoms. The largest absolute Gasteiger partial charge is 0.374 e. The molecule has 0 fully saturated rings. The zero-order valence-electron chi connectivity index (χ0n) is 7.12. The van der Waals surface area contributed by atoms with Crippen LogP contribution < -0.4 is 11.4 Å². The number of nitrogen functional groups attached to an aromatic ring is 1. The first-order chi connectivity index (χ1) is 6.75. The average Bonchev–Trinajstić information content (AvgIpc) is 2.56. The summed E-state index contributed by atoms with van der Waals surface area (Å²) in [6, 6.07) is 1.69. The van der Waals surface area contributed by atoms with E-state index in [0.717, 1.165) is 0 Å². The van der Waals surface area contributed by atoms with E-state index in [1.165, 1.54) is 22.1 Å². The third-order valence-corrected chi connectivity index (χ3v) is 2.31. The van der Waals surface area contributed by atoms with Crippen LogP contribution in [0.3, 0.4) is 0 Å². The third kappa shape index (κ3) is 1.77. The van der Waals surface area contributed by atoms with E-state index in [1.54, 1.807) is 12.3 Å². The molecule has 0 aliphatic heterocycles. The van der Waals surface area contributed by atoms with Gasteiger partial charge < -0.3 is 5.73 Å². The fraction of sp³-hybridized carbons (Fsp3) is 0.143. The molecule has 0 atom stereocenters. The third-order valence-electron chi connectivity index (χ3n) is 1.57. The predicted octanol–water partition coefficient (Wildman–Crippen LogP) is -0.275. The Hall–Kier alpha value is -1.76. The van der Waals surface area contributed by atoms with Crippen molar-refractivity contribution >= 4 is 16.5 Å². The van der Waals surface area contributed by atoms with E-state index >= 15 is 0 Å². The summed E-state index contributed by atoms with van der Waals surface area (Å²) in [5.74, 6) is 0. The van der Waals surface area contributed by atoms with E-state index in [9.17, 15) is 4.79 Å². The Labute approximate surface area is 83.1 Å². The lowest BCUT2D eigenvalue weighted by molar-refractivity contribution is 0.715. The van der Waals surface area contributed by atoms with Crippen LogP contribution >= 0.6 is 11.3 Å². The lowest BCUT2D eigenvalue weighted by atomic mass is 10.6. The summed E-state index contributed by atoms with van der Waals surface area (Å²) in [7, 11) is 0. The van der Waals surface area contributed by atoms with Crippen molar-refractivity contribution in [3.63, 3.8) is 0 Å². The van der Waals surface area contributed by atoms with Crippen LogP contribution in [-0.2, 0) is 6.54 Å². The normalized spacial score (nSPS) is 10.3. The second-order valence-corrected chi connectivity index (χ2v) is 3.66. The molecule has 0 saturated carbocycles. The first-order valence-electron chi connectivity index (χ1n) is 3.85. The van der Waals surface area contributed by atoms with Crippen LogP contribution in [0.4, 0.5) is 5.13 Å². The van der Waals surface area contributed by atoms with Crippen molar-refractivity contribution in [1.82, 2.24) is 19.7 Å². The van der Waals surface area contributed by atoms with Gasteiger partial charge in [-0.25, -0.2) is 9.78 Å². The molecule has 0 unspecified atom stereocenters. The van der Waals surface area contributed by atoms with Crippen LogP contribution in [0.5, 0.6) is 0 Å². The van der Waals surface area contributed by atoms with Crippen LogP contribution in [0.25, 0.3) is 0 Å². The van der Waals surface area contributed by atoms with Crippen molar-refractivity contribution in [2.75, 3.05) is 5.73 Å². The molecular weight excluding hydrogens is 202 g/mol. The molecular formula is C7H7N5OS. The maximum atomic E-state index is 11.2. The van der Waals surface area contributed by atoms with Gasteiger partial charge in [0, 0.05) is 12.4 Å². The monoisotopic (exact) mass is 209 g/mol. The Bertz CT molecular complexity index is 491. The van der Waals surface area contributed by atoms with Crippen molar-refractivity contribution in [2.24, 2.45) is 0 Å². The van der Waals surface area contributed by atoms with Gasteiger partial charge in [-0.15, -0.1) is 10.2 Å². The van der Waals surface area contributed by atoms with Crippen LogP contribution in [0.2, 0.25) is 0 Å². The molecule has 0 bridgehead atoms. The zero-order valence-corrected chi connectivity index (χ0v) is 7.94. The van der Waals surface area contributed by atoms with E-state index in [4.69, 9.17) is 5.73 Å². The van der Waals surface area contributed by atoms with E-state index in [1.807, 2.05) is 0 Å². The SMILES string of the molecule is Nc1nnc(Cn2cccnc2=O)s1. The minimum atomic E-state index is -0.304. The minimum absolute atomic E-state index is 0.304. The zero-order chi connectivity index (χ0) is 9.97. The molecule has 2 aromatic rings. The molecule has 2 rings (SSSR count). The van der Waals surface area contributed by atoms with Gasteiger partial charge in [0.25, 0.3) is 0 Å². The smallest absolute Gasteiger partial charge is 0.347 e. The van der Waals surface area contributed by atoms with Crippen molar-refractivity contribution in [3.05, 3.63) is 34.0 Å². The summed E-state index contributed by atoms with van der Waals surface area (Å²) in [5, 5.41) is 8.55. The van der Waals surface area contributed by atoms with Gasteiger partial charge in [0.15, 0.2) is 0 Å². The Kier molecular flexibility index (Phi) is 2.23.